The summed E-state index contributed by atoms with van der Waals surface area (Å²) in [7, 11) is 1.40. The van der Waals surface area contributed by atoms with Crippen LogP contribution in [0.2, 0.25) is 10.0 Å². The molecule has 0 N–H and O–H groups in total. The second-order valence-corrected chi connectivity index (χ2v) is 11.6. The second kappa shape index (κ2) is 13.4. The lowest BCUT2D eigenvalue weighted by atomic mass is 9.95. The molecule has 0 aliphatic carbocycles. The molecule has 0 spiro atoms. The first-order chi connectivity index (χ1) is 21.9. The number of thiazole rings is 1. The van der Waals surface area contributed by atoms with Gasteiger partial charge in [-0.2, -0.15) is 18.4 Å². The monoisotopic (exact) mass is 687 g/mol. The number of allylic oxidation sites excluding steroid dienone is 1. The highest BCUT2D eigenvalue weighted by Crippen LogP contribution is 2.39. The first-order valence-corrected chi connectivity index (χ1v) is 15.1. The van der Waals surface area contributed by atoms with E-state index in [0.29, 0.717) is 16.1 Å². The summed E-state index contributed by atoms with van der Waals surface area (Å²) in [5.74, 6) is -0.784. The average Bonchev–Trinajstić information content (AvgIpc) is 3.34. The SMILES string of the molecule is CCOC(=O)C1=C(C(F)(F)F)N=c2s/c(=C\c3cc(Cl)c(OCc4ccc(C#N)cc4)c(OC)c3)c(=O)n2[C@@H]1c1ccc(Cl)cc1. The van der Waals surface area contributed by atoms with Gasteiger partial charge in [0.05, 0.1) is 46.5 Å². The van der Waals surface area contributed by atoms with E-state index in [1.54, 1.807) is 30.3 Å². The Morgan fingerprint density at radius 3 is 2.43 bits per heavy atom. The van der Waals surface area contributed by atoms with Crippen LogP contribution in [0.15, 0.2) is 81.7 Å². The third-order valence-corrected chi connectivity index (χ3v) is 8.31. The van der Waals surface area contributed by atoms with Crippen molar-refractivity contribution in [2.75, 3.05) is 13.7 Å². The Morgan fingerprint density at radius 1 is 1.13 bits per heavy atom. The minimum absolute atomic E-state index is 0.0220. The van der Waals surface area contributed by atoms with Crippen LogP contribution in [0.25, 0.3) is 6.08 Å². The van der Waals surface area contributed by atoms with Crippen molar-refractivity contribution >= 4 is 46.6 Å². The van der Waals surface area contributed by atoms with Gasteiger partial charge in [-0.15, -0.1) is 0 Å². The van der Waals surface area contributed by atoms with Gasteiger partial charge in [0, 0.05) is 5.02 Å². The van der Waals surface area contributed by atoms with Crippen molar-refractivity contribution in [1.82, 2.24) is 4.57 Å². The van der Waals surface area contributed by atoms with E-state index in [0.717, 1.165) is 21.5 Å². The Bertz CT molecular complexity index is 2070. The number of hydrogen-bond acceptors (Lipinski definition) is 8. The molecule has 0 bridgehead atoms. The zero-order valence-electron chi connectivity index (χ0n) is 24.0. The normalized spacial score (nSPS) is 14.7. The van der Waals surface area contributed by atoms with Gasteiger partial charge in [-0.3, -0.25) is 9.36 Å². The highest BCUT2D eigenvalue weighted by molar-refractivity contribution is 7.07. The standard InChI is InChI=1S/C32H22Cl2F3N3O5S/c1-3-44-30(42)25-26(20-8-10-21(33)11-9-20)40-29(41)24(46-31(40)39-28(25)32(35,36)37)14-19-12-22(34)27(23(13-19)43-2)45-16-18-6-4-17(15-38)5-7-18/h4-14,26H,3,16H2,1-2H3/b24-14-/t26-/m1/s1. The number of alkyl halides is 3. The molecule has 1 aliphatic rings. The van der Waals surface area contributed by atoms with Crippen LogP contribution in [0.4, 0.5) is 13.2 Å². The summed E-state index contributed by atoms with van der Waals surface area (Å²) < 4.78 is 60.4. The van der Waals surface area contributed by atoms with Crippen molar-refractivity contribution in [1.29, 1.82) is 5.26 Å². The molecule has 14 heteroatoms. The molecule has 0 unspecified atom stereocenters. The molecule has 0 saturated carbocycles. The van der Waals surface area contributed by atoms with Gasteiger partial charge in [0.25, 0.3) is 5.56 Å². The van der Waals surface area contributed by atoms with Crippen molar-refractivity contribution in [2.24, 2.45) is 4.99 Å². The number of carbonyl (C=O) groups is 1. The van der Waals surface area contributed by atoms with Gasteiger partial charge in [0.15, 0.2) is 22.0 Å². The molecule has 1 atom stereocenters. The van der Waals surface area contributed by atoms with Crippen LogP contribution in [0.1, 0.15) is 35.2 Å². The molecular weight excluding hydrogens is 666 g/mol. The van der Waals surface area contributed by atoms with Gasteiger partial charge in [-0.1, -0.05) is 58.8 Å². The van der Waals surface area contributed by atoms with E-state index in [4.69, 9.17) is 42.7 Å². The van der Waals surface area contributed by atoms with Crippen molar-refractivity contribution < 1.29 is 32.2 Å². The Balaban J connectivity index is 1.62. The maximum Gasteiger partial charge on any atom is 0.434 e. The number of carbonyl (C=O) groups excluding carboxylic acids is 1. The zero-order chi connectivity index (χ0) is 33.2. The van der Waals surface area contributed by atoms with E-state index in [-0.39, 0.29) is 44.6 Å². The highest BCUT2D eigenvalue weighted by Gasteiger charge is 2.45. The van der Waals surface area contributed by atoms with Crippen LogP contribution in [-0.2, 0) is 16.1 Å². The molecule has 0 amide bonds. The Labute approximate surface area is 273 Å². The number of ether oxygens (including phenoxy) is 3. The van der Waals surface area contributed by atoms with Gasteiger partial charge in [0.2, 0.25) is 0 Å². The molecule has 5 rings (SSSR count). The molecule has 46 heavy (non-hydrogen) atoms. The number of rotatable bonds is 8. The first kappa shape index (κ1) is 32.8. The average molecular weight is 689 g/mol. The zero-order valence-corrected chi connectivity index (χ0v) is 26.4. The number of benzene rings is 3. The number of esters is 1. The fourth-order valence-electron chi connectivity index (χ4n) is 4.75. The minimum atomic E-state index is -5.03. The van der Waals surface area contributed by atoms with Gasteiger partial charge < -0.3 is 14.2 Å². The molecule has 0 radical (unpaired) electrons. The van der Waals surface area contributed by atoms with Gasteiger partial charge in [-0.25, -0.2) is 9.79 Å². The summed E-state index contributed by atoms with van der Waals surface area (Å²) in [5, 5.41) is 9.45. The van der Waals surface area contributed by atoms with E-state index in [1.165, 1.54) is 50.4 Å². The summed E-state index contributed by atoms with van der Waals surface area (Å²) in [6.45, 7) is 1.39. The smallest absolute Gasteiger partial charge is 0.434 e. The molecule has 1 aliphatic heterocycles. The van der Waals surface area contributed by atoms with Crippen LogP contribution in [-0.4, -0.2) is 30.4 Å². The number of halogens is 5. The molecule has 236 valence electrons. The third kappa shape index (κ3) is 6.67. The van der Waals surface area contributed by atoms with Crippen molar-refractivity contribution in [2.45, 2.75) is 25.7 Å². The van der Waals surface area contributed by atoms with E-state index >= 15 is 0 Å². The quantitative estimate of drug-likeness (QED) is 0.207. The molecule has 4 aromatic rings. The molecular formula is C32H22Cl2F3N3O5S. The van der Waals surface area contributed by atoms with Gasteiger partial charge in [-0.05, 0) is 66.1 Å². The lowest BCUT2D eigenvalue weighted by Gasteiger charge is -2.26. The Morgan fingerprint density at radius 2 is 1.83 bits per heavy atom. The van der Waals surface area contributed by atoms with Crippen molar-refractivity contribution in [3.05, 3.63) is 124 Å². The Hall–Kier alpha value is -4.57. The fraction of sp³-hybridized carbons (Fsp3) is 0.188. The third-order valence-electron chi connectivity index (χ3n) is 6.80. The van der Waals surface area contributed by atoms with Crippen LogP contribution in [0.3, 0.4) is 0 Å². The van der Waals surface area contributed by atoms with Gasteiger partial charge in [0.1, 0.15) is 6.61 Å². The number of methoxy groups -OCH3 is 1. The fourth-order valence-corrected chi connectivity index (χ4v) is 6.15. The Kier molecular flexibility index (Phi) is 9.58. The van der Waals surface area contributed by atoms with E-state index in [1.807, 2.05) is 6.07 Å². The summed E-state index contributed by atoms with van der Waals surface area (Å²) in [6.07, 6.45) is -3.60. The largest absolute Gasteiger partial charge is 0.493 e. The predicted octanol–water partition coefficient (Wildman–Crippen LogP) is 6.11. The van der Waals surface area contributed by atoms with E-state index in [9.17, 15) is 22.8 Å². The lowest BCUT2D eigenvalue weighted by molar-refractivity contribution is -0.140. The number of hydrogen-bond donors (Lipinski definition) is 0. The van der Waals surface area contributed by atoms with E-state index in [2.05, 4.69) is 4.99 Å². The highest BCUT2D eigenvalue weighted by atomic mass is 35.5. The molecule has 0 saturated heterocycles. The summed E-state index contributed by atoms with van der Waals surface area (Å²) in [5.41, 5.74) is -1.09. The van der Waals surface area contributed by atoms with Crippen LogP contribution in [0.5, 0.6) is 11.5 Å². The summed E-state index contributed by atoms with van der Waals surface area (Å²) in [6, 6.07) is 16.2. The maximum absolute atomic E-state index is 14.3. The van der Waals surface area contributed by atoms with Crippen molar-refractivity contribution in [3.8, 4) is 17.6 Å². The first-order valence-electron chi connectivity index (χ1n) is 13.5. The van der Waals surface area contributed by atoms with E-state index < -0.39 is 35.0 Å². The summed E-state index contributed by atoms with van der Waals surface area (Å²) in [4.78, 5) is 30.3. The molecule has 1 aromatic heterocycles. The van der Waals surface area contributed by atoms with Crippen LogP contribution < -0.4 is 24.4 Å². The predicted molar refractivity (Wildman–Crippen MR) is 166 cm³/mol. The topological polar surface area (TPSA) is 103 Å². The number of nitrogens with zero attached hydrogens (tertiary/aromatic N) is 3. The van der Waals surface area contributed by atoms with Gasteiger partial charge >= 0.3 is 12.1 Å². The van der Waals surface area contributed by atoms with Crippen molar-refractivity contribution in [3.63, 3.8) is 0 Å². The van der Waals surface area contributed by atoms with Crippen LogP contribution in [0, 0.1) is 11.3 Å². The number of fused-ring (bicyclic) bond motifs is 1. The second-order valence-electron chi connectivity index (χ2n) is 9.75. The lowest BCUT2D eigenvalue weighted by Crippen LogP contribution is -2.41. The molecule has 3 aromatic carbocycles. The maximum atomic E-state index is 14.3. The number of nitriles is 1. The number of aromatic nitrogens is 1. The molecule has 0 fully saturated rings. The summed E-state index contributed by atoms with van der Waals surface area (Å²) >= 11 is 13.3. The van der Waals surface area contributed by atoms with Crippen LogP contribution >= 0.6 is 34.5 Å². The molecule has 8 nitrogen and oxygen atoms in total. The molecule has 2 heterocycles. The minimum Gasteiger partial charge on any atom is -0.493 e.